The zero-order valence-electron chi connectivity index (χ0n) is 7.17. The molecule has 0 amide bonds. The van der Waals surface area contributed by atoms with E-state index in [9.17, 15) is 0 Å². The minimum Gasteiger partial charge on any atom is -0.337 e. The van der Waals surface area contributed by atoms with Crippen molar-refractivity contribution >= 4 is 45.2 Å². The van der Waals surface area contributed by atoms with Crippen LogP contribution in [0, 0.1) is 0 Å². The summed E-state index contributed by atoms with van der Waals surface area (Å²) < 4.78 is 11.1. The van der Waals surface area contributed by atoms with Crippen LogP contribution in [0.5, 0.6) is 0 Å². The van der Waals surface area contributed by atoms with Crippen molar-refractivity contribution in [3.05, 3.63) is 0 Å². The van der Waals surface area contributed by atoms with Crippen LogP contribution in [0.15, 0.2) is 0 Å². The van der Waals surface area contributed by atoms with Gasteiger partial charge in [-0.3, -0.25) is 0 Å². The summed E-state index contributed by atoms with van der Waals surface area (Å²) >= 11 is 4.44. The van der Waals surface area contributed by atoms with E-state index in [1.54, 1.807) is 0 Å². The zero-order chi connectivity index (χ0) is 9.14. The molecule has 1 aliphatic heterocycles. The van der Waals surface area contributed by atoms with E-state index in [-0.39, 0.29) is 14.5 Å². The number of rotatable bonds is 3. The van der Waals surface area contributed by atoms with Crippen LogP contribution in [-0.2, 0) is 9.47 Å². The molecular formula is C7H13I2NO2. The topological polar surface area (TPSA) is 21.7 Å². The summed E-state index contributed by atoms with van der Waals surface area (Å²) in [4.78, 5) is 2.16. The van der Waals surface area contributed by atoms with E-state index in [1.165, 1.54) is 0 Å². The van der Waals surface area contributed by atoms with Crippen molar-refractivity contribution in [1.29, 1.82) is 0 Å². The number of hydrogen-bond donors (Lipinski definition) is 0. The standard InChI is InChI=1S/C7H13I2NO2/c1-10(2)4-3-5-6(8)12-7(9)11-5/h5-7H,3-4H2,1-2H3. The first-order valence-corrected chi connectivity index (χ1v) is 6.32. The van der Waals surface area contributed by atoms with Crippen molar-refractivity contribution in [2.24, 2.45) is 0 Å². The van der Waals surface area contributed by atoms with Gasteiger partial charge in [-0.05, 0) is 65.7 Å². The van der Waals surface area contributed by atoms with E-state index in [0.717, 1.165) is 13.0 Å². The first-order chi connectivity index (χ1) is 5.59. The lowest BCUT2D eigenvalue weighted by Gasteiger charge is -2.14. The van der Waals surface area contributed by atoms with Crippen molar-refractivity contribution in [2.45, 2.75) is 20.9 Å². The average molecular weight is 397 g/mol. The Morgan fingerprint density at radius 1 is 1.25 bits per heavy atom. The molecular weight excluding hydrogens is 384 g/mol. The minimum atomic E-state index is -0.0586. The third-order valence-corrected chi connectivity index (χ3v) is 3.35. The predicted molar refractivity (Wildman–Crippen MR) is 64.7 cm³/mol. The minimum absolute atomic E-state index is 0.0586. The molecule has 1 saturated heterocycles. The number of nitrogens with zero attached hydrogens (tertiary/aromatic N) is 1. The zero-order valence-corrected chi connectivity index (χ0v) is 11.5. The summed E-state index contributed by atoms with van der Waals surface area (Å²) in [5.74, 6) is 0. The molecule has 1 rings (SSSR count). The predicted octanol–water partition coefficient (Wildman–Crippen LogP) is 1.83. The molecule has 0 aromatic rings. The van der Waals surface area contributed by atoms with Crippen molar-refractivity contribution in [3.8, 4) is 0 Å². The van der Waals surface area contributed by atoms with Gasteiger partial charge in [0.1, 0.15) is 4.11 Å². The van der Waals surface area contributed by atoms with Gasteiger partial charge in [0.2, 0.25) is 4.30 Å². The number of alkyl halides is 2. The molecule has 0 aliphatic carbocycles. The Hall–Kier alpha value is 1.34. The Kier molecular flexibility index (Phi) is 5.02. The Balaban J connectivity index is 2.23. The average Bonchev–Trinajstić information content (AvgIpc) is 2.26. The fourth-order valence-corrected chi connectivity index (χ4v) is 3.06. The molecule has 3 unspecified atom stereocenters. The van der Waals surface area contributed by atoms with Gasteiger partial charge >= 0.3 is 0 Å². The lowest BCUT2D eigenvalue weighted by molar-refractivity contribution is 0.0245. The highest BCUT2D eigenvalue weighted by atomic mass is 127. The Labute approximate surface area is 100 Å². The van der Waals surface area contributed by atoms with Crippen molar-refractivity contribution in [2.75, 3.05) is 20.6 Å². The molecule has 0 spiro atoms. The molecule has 3 atom stereocenters. The van der Waals surface area contributed by atoms with Gasteiger partial charge in [-0.1, -0.05) is 0 Å². The highest BCUT2D eigenvalue weighted by Gasteiger charge is 2.32. The lowest BCUT2D eigenvalue weighted by Crippen LogP contribution is -2.23. The molecule has 0 N–H and O–H groups in total. The number of hydrogen-bond acceptors (Lipinski definition) is 3. The van der Waals surface area contributed by atoms with Crippen LogP contribution in [0.3, 0.4) is 0 Å². The van der Waals surface area contributed by atoms with Gasteiger partial charge in [0.15, 0.2) is 0 Å². The summed E-state index contributed by atoms with van der Waals surface area (Å²) in [7, 11) is 4.14. The highest BCUT2D eigenvalue weighted by molar-refractivity contribution is 14.1. The maximum atomic E-state index is 5.55. The molecule has 0 radical (unpaired) electrons. The second-order valence-corrected chi connectivity index (χ2v) is 5.27. The van der Waals surface area contributed by atoms with E-state index in [1.807, 2.05) is 0 Å². The fraction of sp³-hybridized carbons (Fsp3) is 1.00. The smallest absolute Gasteiger partial charge is 0.212 e. The van der Waals surface area contributed by atoms with Gasteiger partial charge < -0.3 is 14.4 Å². The van der Waals surface area contributed by atoms with Crippen LogP contribution in [0.4, 0.5) is 0 Å². The maximum Gasteiger partial charge on any atom is 0.212 e. The lowest BCUT2D eigenvalue weighted by atomic mass is 10.2. The van der Waals surface area contributed by atoms with Crippen LogP contribution in [0.25, 0.3) is 0 Å². The summed E-state index contributed by atoms with van der Waals surface area (Å²) in [6.07, 6.45) is 1.30. The molecule has 3 nitrogen and oxygen atoms in total. The van der Waals surface area contributed by atoms with Crippen LogP contribution < -0.4 is 0 Å². The quantitative estimate of drug-likeness (QED) is 0.536. The summed E-state index contributed by atoms with van der Waals surface area (Å²) in [5, 5.41) is 0. The second kappa shape index (κ2) is 5.28. The molecule has 0 aromatic carbocycles. The Morgan fingerprint density at radius 3 is 2.33 bits per heavy atom. The van der Waals surface area contributed by atoms with E-state index in [2.05, 4.69) is 64.2 Å². The van der Waals surface area contributed by atoms with E-state index >= 15 is 0 Å². The van der Waals surface area contributed by atoms with Crippen LogP contribution in [0.2, 0.25) is 0 Å². The molecule has 1 heterocycles. The summed E-state index contributed by atoms with van der Waals surface area (Å²) in [6, 6.07) is 0. The second-order valence-electron chi connectivity index (χ2n) is 3.03. The largest absolute Gasteiger partial charge is 0.337 e. The Morgan fingerprint density at radius 2 is 1.92 bits per heavy atom. The van der Waals surface area contributed by atoms with E-state index < -0.39 is 0 Å². The molecule has 5 heteroatoms. The molecule has 0 saturated carbocycles. The monoisotopic (exact) mass is 397 g/mol. The number of ether oxygens (including phenoxy) is 2. The molecule has 72 valence electrons. The Bertz CT molecular complexity index is 145. The van der Waals surface area contributed by atoms with E-state index in [0.29, 0.717) is 0 Å². The van der Waals surface area contributed by atoms with Crippen LogP contribution in [0.1, 0.15) is 6.42 Å². The molecule has 0 aromatic heterocycles. The van der Waals surface area contributed by atoms with Gasteiger partial charge in [0.25, 0.3) is 0 Å². The third-order valence-electron chi connectivity index (χ3n) is 1.67. The SMILES string of the molecule is CN(C)CCC1OC(I)OC1I. The van der Waals surface area contributed by atoms with Gasteiger partial charge in [0, 0.05) is 6.54 Å². The molecule has 1 aliphatic rings. The third kappa shape index (κ3) is 3.60. The van der Waals surface area contributed by atoms with E-state index in [4.69, 9.17) is 9.47 Å². The van der Waals surface area contributed by atoms with Gasteiger partial charge in [-0.2, -0.15) is 0 Å². The van der Waals surface area contributed by atoms with Crippen LogP contribution in [-0.4, -0.2) is 40.1 Å². The first-order valence-electron chi connectivity index (χ1n) is 3.83. The van der Waals surface area contributed by atoms with Gasteiger partial charge in [-0.15, -0.1) is 0 Å². The van der Waals surface area contributed by atoms with Crippen LogP contribution >= 0.6 is 45.2 Å². The van der Waals surface area contributed by atoms with Gasteiger partial charge in [0.05, 0.1) is 6.10 Å². The highest BCUT2D eigenvalue weighted by Crippen LogP contribution is 2.29. The molecule has 12 heavy (non-hydrogen) atoms. The molecule has 0 bridgehead atoms. The summed E-state index contributed by atoms with van der Waals surface area (Å²) in [5.41, 5.74) is 0. The van der Waals surface area contributed by atoms with Crippen molar-refractivity contribution in [3.63, 3.8) is 0 Å². The fourth-order valence-electron chi connectivity index (χ4n) is 1.01. The van der Waals surface area contributed by atoms with Crippen molar-refractivity contribution in [1.82, 2.24) is 4.90 Å². The van der Waals surface area contributed by atoms with Gasteiger partial charge in [-0.25, -0.2) is 0 Å². The van der Waals surface area contributed by atoms with Crippen molar-refractivity contribution < 1.29 is 9.47 Å². The first kappa shape index (κ1) is 11.4. The summed E-state index contributed by atoms with van der Waals surface area (Å²) in [6.45, 7) is 1.05. The maximum absolute atomic E-state index is 5.55. The normalized spacial score (nSPS) is 36.2. The molecule has 1 fully saturated rings. The number of halogens is 2.